The second-order valence-electron chi connectivity index (χ2n) is 3.19. The molecule has 1 heterocycles. The topological polar surface area (TPSA) is 30.5 Å². The summed E-state index contributed by atoms with van der Waals surface area (Å²) in [5, 5.41) is 3.81. The lowest BCUT2D eigenvalue weighted by Gasteiger charge is -2.13. The summed E-state index contributed by atoms with van der Waals surface area (Å²) in [5.41, 5.74) is 1.07. The van der Waals surface area contributed by atoms with Crippen LogP contribution in [0.25, 0.3) is 0 Å². The zero-order chi connectivity index (χ0) is 10.9. The first-order chi connectivity index (χ1) is 7.13. The summed E-state index contributed by atoms with van der Waals surface area (Å²) in [6, 6.07) is 7.56. The van der Waals surface area contributed by atoms with Crippen LogP contribution in [-0.2, 0) is 20.9 Å². The molecule has 2 atom stereocenters. The van der Waals surface area contributed by atoms with E-state index < -0.39 is 6.64 Å². The highest BCUT2D eigenvalue weighted by Gasteiger charge is 2.31. The highest BCUT2D eigenvalue weighted by atomic mass is 35.5. The molecule has 82 valence electrons. The molecule has 3 nitrogen and oxygen atoms in total. The van der Waals surface area contributed by atoms with E-state index in [9.17, 15) is 0 Å². The number of benzene rings is 1. The average Bonchev–Trinajstić information content (AvgIpc) is 2.63. The molecule has 0 amide bonds. The molecular formula is C9H11ClNO2PS. The van der Waals surface area contributed by atoms with Gasteiger partial charge in [-0.15, -0.1) is 0 Å². The van der Waals surface area contributed by atoms with Crippen molar-refractivity contribution in [2.24, 2.45) is 0 Å². The molecule has 0 aliphatic carbocycles. The Hall–Kier alpha value is 0.0400. The third-order valence-corrected chi connectivity index (χ3v) is 5.15. The molecule has 0 aromatic heterocycles. The highest BCUT2D eigenvalue weighted by Crippen LogP contribution is 2.52. The van der Waals surface area contributed by atoms with Crippen molar-refractivity contribution < 1.29 is 9.05 Å². The Balaban J connectivity index is 2.14. The van der Waals surface area contributed by atoms with E-state index >= 15 is 0 Å². The molecule has 1 aliphatic rings. The van der Waals surface area contributed by atoms with Crippen LogP contribution in [-0.4, -0.2) is 13.7 Å². The van der Waals surface area contributed by atoms with Gasteiger partial charge in [-0.1, -0.05) is 23.7 Å². The Bertz CT molecular complexity index is 398. The molecule has 15 heavy (non-hydrogen) atoms. The van der Waals surface area contributed by atoms with Gasteiger partial charge in [0.25, 0.3) is 6.64 Å². The van der Waals surface area contributed by atoms with Crippen molar-refractivity contribution in [1.29, 1.82) is 0 Å². The molecule has 2 unspecified atom stereocenters. The van der Waals surface area contributed by atoms with E-state index in [1.807, 2.05) is 24.3 Å². The molecule has 0 spiro atoms. The molecule has 6 heteroatoms. The quantitative estimate of drug-likeness (QED) is 0.831. The van der Waals surface area contributed by atoms with Crippen molar-refractivity contribution in [3.63, 3.8) is 0 Å². The second-order valence-corrected chi connectivity index (χ2v) is 6.95. The van der Waals surface area contributed by atoms with E-state index in [4.69, 9.17) is 32.5 Å². The minimum absolute atomic E-state index is 0.0342. The SMILES string of the molecule is COP1(=S)NCC(c2ccc(Cl)cc2)O1. The summed E-state index contributed by atoms with van der Waals surface area (Å²) in [6.07, 6.45) is -0.0342. The molecule has 1 aliphatic heterocycles. The van der Waals surface area contributed by atoms with Crippen LogP contribution in [0.1, 0.15) is 11.7 Å². The van der Waals surface area contributed by atoms with Crippen molar-refractivity contribution in [3.8, 4) is 0 Å². The molecule has 1 N–H and O–H groups in total. The Morgan fingerprint density at radius 3 is 2.73 bits per heavy atom. The molecular weight excluding hydrogens is 253 g/mol. The summed E-state index contributed by atoms with van der Waals surface area (Å²) >= 11 is 11.0. The number of hydrogen-bond donors (Lipinski definition) is 1. The summed E-state index contributed by atoms with van der Waals surface area (Å²) in [6.45, 7) is -1.55. The van der Waals surface area contributed by atoms with Gasteiger partial charge in [0, 0.05) is 18.7 Å². The first kappa shape index (κ1) is 11.5. The Kier molecular flexibility index (Phi) is 3.45. The maximum absolute atomic E-state index is 5.81. The molecule has 2 rings (SSSR count). The number of hydrogen-bond acceptors (Lipinski definition) is 3. The van der Waals surface area contributed by atoms with Crippen molar-refractivity contribution in [2.45, 2.75) is 6.10 Å². The van der Waals surface area contributed by atoms with Crippen molar-refractivity contribution in [1.82, 2.24) is 5.09 Å². The predicted octanol–water partition coefficient (Wildman–Crippen LogP) is 2.87. The van der Waals surface area contributed by atoms with Crippen molar-refractivity contribution in [3.05, 3.63) is 34.9 Å². The predicted molar refractivity (Wildman–Crippen MR) is 64.6 cm³/mol. The first-order valence-electron chi connectivity index (χ1n) is 4.48. The van der Waals surface area contributed by atoms with E-state index in [1.165, 1.54) is 0 Å². The minimum Gasteiger partial charge on any atom is -0.321 e. The molecule has 0 bridgehead atoms. The summed E-state index contributed by atoms with van der Waals surface area (Å²) in [5.74, 6) is 0. The summed E-state index contributed by atoms with van der Waals surface area (Å²) in [7, 11) is 1.57. The van der Waals surface area contributed by atoms with Gasteiger partial charge < -0.3 is 9.05 Å². The van der Waals surface area contributed by atoms with Gasteiger partial charge in [-0.25, -0.2) is 5.09 Å². The highest BCUT2D eigenvalue weighted by molar-refractivity contribution is 8.09. The van der Waals surface area contributed by atoms with E-state index in [1.54, 1.807) is 7.11 Å². The van der Waals surface area contributed by atoms with Gasteiger partial charge in [-0.05, 0) is 29.5 Å². The van der Waals surface area contributed by atoms with E-state index in [0.29, 0.717) is 6.54 Å². The summed E-state index contributed by atoms with van der Waals surface area (Å²) < 4.78 is 10.8. The van der Waals surface area contributed by atoms with E-state index in [-0.39, 0.29) is 6.10 Å². The van der Waals surface area contributed by atoms with Crippen LogP contribution in [0.4, 0.5) is 0 Å². The van der Waals surface area contributed by atoms with Crippen LogP contribution in [0.5, 0.6) is 0 Å². The van der Waals surface area contributed by atoms with E-state index in [0.717, 1.165) is 10.6 Å². The third kappa shape index (κ3) is 2.59. The molecule has 0 saturated carbocycles. The van der Waals surface area contributed by atoms with E-state index in [2.05, 4.69) is 5.09 Å². The maximum atomic E-state index is 5.81. The molecule has 1 saturated heterocycles. The third-order valence-electron chi connectivity index (χ3n) is 2.22. The minimum atomic E-state index is -2.23. The molecule has 0 radical (unpaired) electrons. The molecule has 1 fully saturated rings. The molecule has 1 aromatic carbocycles. The largest absolute Gasteiger partial charge is 0.321 e. The molecule has 1 aromatic rings. The maximum Gasteiger partial charge on any atom is 0.261 e. The van der Waals surface area contributed by atoms with Crippen LogP contribution < -0.4 is 5.09 Å². The van der Waals surface area contributed by atoms with Crippen LogP contribution in [0, 0.1) is 0 Å². The Morgan fingerprint density at radius 1 is 1.53 bits per heavy atom. The monoisotopic (exact) mass is 263 g/mol. The second kappa shape index (κ2) is 4.50. The van der Waals surface area contributed by atoms with Gasteiger partial charge >= 0.3 is 0 Å². The van der Waals surface area contributed by atoms with Gasteiger partial charge in [-0.3, -0.25) is 0 Å². The van der Waals surface area contributed by atoms with Gasteiger partial charge in [0.1, 0.15) is 6.10 Å². The van der Waals surface area contributed by atoms with Crippen molar-refractivity contribution in [2.75, 3.05) is 13.7 Å². The van der Waals surface area contributed by atoms with Crippen molar-refractivity contribution >= 4 is 30.1 Å². The smallest absolute Gasteiger partial charge is 0.261 e. The fourth-order valence-electron chi connectivity index (χ4n) is 1.40. The van der Waals surface area contributed by atoms with Crippen LogP contribution >= 0.6 is 18.2 Å². The number of halogens is 1. The lowest BCUT2D eigenvalue weighted by atomic mass is 10.1. The Morgan fingerprint density at radius 2 is 2.20 bits per heavy atom. The van der Waals surface area contributed by atoms with Gasteiger partial charge in [0.15, 0.2) is 0 Å². The van der Waals surface area contributed by atoms with Crippen LogP contribution in [0.3, 0.4) is 0 Å². The average molecular weight is 264 g/mol. The van der Waals surface area contributed by atoms with Crippen LogP contribution in [0.2, 0.25) is 5.02 Å². The number of nitrogens with one attached hydrogen (secondary N) is 1. The number of rotatable bonds is 2. The zero-order valence-electron chi connectivity index (χ0n) is 8.14. The standard InChI is InChI=1S/C9H11ClNO2PS/c1-12-14(15)11-6-9(13-14)7-2-4-8(10)5-3-7/h2-5,9H,6H2,1H3,(H,11,15). The fourth-order valence-corrected chi connectivity index (χ4v) is 3.27. The summed E-state index contributed by atoms with van der Waals surface area (Å²) in [4.78, 5) is 0. The normalized spacial score (nSPS) is 30.7. The van der Waals surface area contributed by atoms with Gasteiger partial charge in [0.2, 0.25) is 0 Å². The lowest BCUT2D eigenvalue weighted by Crippen LogP contribution is -2.06. The Labute approximate surface area is 99.0 Å². The fraction of sp³-hybridized carbons (Fsp3) is 0.333. The zero-order valence-corrected chi connectivity index (χ0v) is 10.6. The van der Waals surface area contributed by atoms with Gasteiger partial charge in [-0.2, -0.15) is 0 Å². The van der Waals surface area contributed by atoms with Gasteiger partial charge in [0.05, 0.1) is 0 Å². The van der Waals surface area contributed by atoms with Crippen LogP contribution in [0.15, 0.2) is 24.3 Å². The lowest BCUT2D eigenvalue weighted by molar-refractivity contribution is 0.233. The first-order valence-corrected chi connectivity index (χ1v) is 7.49.